The molecule has 10 rings (SSSR count). The van der Waals surface area contributed by atoms with Crippen molar-refractivity contribution in [3.8, 4) is 45.0 Å². The average Bonchev–Trinajstić information content (AvgIpc) is 3.59. The number of aromatic nitrogens is 2. The molecule has 1 heterocycles. The van der Waals surface area contributed by atoms with Crippen LogP contribution in [0.1, 0.15) is 22.3 Å². The Morgan fingerprint density at radius 1 is 0.356 bits per heavy atom. The molecule has 0 amide bonds. The van der Waals surface area contributed by atoms with E-state index in [0.717, 1.165) is 33.9 Å². The van der Waals surface area contributed by atoms with Crippen molar-refractivity contribution < 1.29 is 0 Å². The van der Waals surface area contributed by atoms with Gasteiger partial charge in [0.2, 0.25) is 0 Å². The van der Waals surface area contributed by atoms with Gasteiger partial charge in [0, 0.05) is 16.7 Å². The topological polar surface area (TPSA) is 25.8 Å². The SMILES string of the molecule is c1ccc(-c2cc(-c3ccccc3)nc(-c3ccc4c(c3)-c3ccccc3C43c4cccc5ccc6cccc3c6c45)n2)cc1. The third-order valence-electron chi connectivity index (χ3n) is 9.86. The Kier molecular flexibility index (Phi) is 4.95. The zero-order valence-corrected chi connectivity index (χ0v) is 24.4. The molecule has 2 aliphatic carbocycles. The van der Waals surface area contributed by atoms with E-state index in [0.29, 0.717) is 0 Å². The molecule has 0 saturated heterocycles. The lowest BCUT2D eigenvalue weighted by molar-refractivity contribution is 0.797. The van der Waals surface area contributed by atoms with E-state index in [1.807, 2.05) is 12.1 Å². The van der Waals surface area contributed by atoms with Crippen LogP contribution in [0, 0.1) is 0 Å². The van der Waals surface area contributed by atoms with Gasteiger partial charge in [-0.15, -0.1) is 0 Å². The fraction of sp³-hybridized carbons (Fsp3) is 0.0233. The van der Waals surface area contributed by atoms with Gasteiger partial charge in [-0.05, 0) is 67.1 Å². The second-order valence-corrected chi connectivity index (χ2v) is 12.1. The summed E-state index contributed by atoms with van der Waals surface area (Å²) in [7, 11) is 0. The molecule has 0 aliphatic heterocycles. The minimum atomic E-state index is -0.366. The van der Waals surface area contributed by atoms with E-state index in [9.17, 15) is 0 Å². The van der Waals surface area contributed by atoms with Gasteiger partial charge in [0.25, 0.3) is 0 Å². The average molecular weight is 571 g/mol. The molecule has 0 radical (unpaired) electrons. The maximum absolute atomic E-state index is 5.15. The van der Waals surface area contributed by atoms with Crippen molar-refractivity contribution in [2.75, 3.05) is 0 Å². The highest BCUT2D eigenvalue weighted by Gasteiger charge is 2.50. The first kappa shape index (κ1) is 24.6. The lowest BCUT2D eigenvalue weighted by Crippen LogP contribution is -2.26. The lowest BCUT2D eigenvalue weighted by atomic mass is 9.70. The van der Waals surface area contributed by atoms with Crippen LogP contribution in [0.15, 0.2) is 158 Å². The molecule has 7 aromatic carbocycles. The minimum Gasteiger partial charge on any atom is -0.228 e. The molecule has 0 bridgehead atoms. The molecule has 2 heteroatoms. The number of hydrogen-bond donors (Lipinski definition) is 0. The van der Waals surface area contributed by atoms with E-state index in [4.69, 9.17) is 9.97 Å². The van der Waals surface area contributed by atoms with Crippen molar-refractivity contribution in [3.05, 3.63) is 180 Å². The van der Waals surface area contributed by atoms with Crippen LogP contribution in [-0.4, -0.2) is 9.97 Å². The third-order valence-corrected chi connectivity index (χ3v) is 9.86. The number of benzene rings is 7. The van der Waals surface area contributed by atoms with Gasteiger partial charge in [-0.25, -0.2) is 9.97 Å². The van der Waals surface area contributed by atoms with Gasteiger partial charge in [-0.3, -0.25) is 0 Å². The molecule has 2 nitrogen and oxygen atoms in total. The Bertz CT molecular complexity index is 2360. The smallest absolute Gasteiger partial charge is 0.160 e. The number of fused-ring (bicyclic) bond motifs is 7. The Hall–Kier alpha value is -5.86. The fourth-order valence-corrected chi connectivity index (χ4v) is 8.02. The van der Waals surface area contributed by atoms with Crippen LogP contribution in [0.4, 0.5) is 0 Å². The predicted molar refractivity (Wildman–Crippen MR) is 184 cm³/mol. The second kappa shape index (κ2) is 9.07. The summed E-state index contributed by atoms with van der Waals surface area (Å²) in [6.07, 6.45) is 0. The van der Waals surface area contributed by atoms with Crippen molar-refractivity contribution in [3.63, 3.8) is 0 Å². The first-order valence-corrected chi connectivity index (χ1v) is 15.5. The Morgan fingerprint density at radius 3 is 1.51 bits per heavy atom. The Balaban J connectivity index is 1.24. The molecule has 1 aromatic heterocycles. The van der Waals surface area contributed by atoms with E-state index in [2.05, 4.69) is 146 Å². The van der Waals surface area contributed by atoms with E-state index in [-0.39, 0.29) is 5.41 Å². The quantitative estimate of drug-likeness (QED) is 0.198. The summed E-state index contributed by atoms with van der Waals surface area (Å²) in [5, 5.41) is 5.35. The van der Waals surface area contributed by atoms with Gasteiger partial charge in [-0.1, -0.05) is 146 Å². The van der Waals surface area contributed by atoms with Crippen molar-refractivity contribution in [2.24, 2.45) is 0 Å². The van der Waals surface area contributed by atoms with Gasteiger partial charge in [0.1, 0.15) is 0 Å². The predicted octanol–water partition coefficient (Wildman–Crippen LogP) is 10.5. The summed E-state index contributed by atoms with van der Waals surface area (Å²) in [5.41, 5.74) is 12.6. The molecule has 0 unspecified atom stereocenters. The maximum atomic E-state index is 5.15. The fourth-order valence-electron chi connectivity index (χ4n) is 8.02. The van der Waals surface area contributed by atoms with Crippen LogP contribution in [0.25, 0.3) is 66.6 Å². The summed E-state index contributed by atoms with van der Waals surface area (Å²) in [5.74, 6) is 0.732. The highest BCUT2D eigenvalue weighted by molar-refractivity contribution is 6.17. The first-order valence-electron chi connectivity index (χ1n) is 15.5. The number of hydrogen-bond acceptors (Lipinski definition) is 2. The minimum absolute atomic E-state index is 0.366. The largest absolute Gasteiger partial charge is 0.228 e. The molecule has 45 heavy (non-hydrogen) atoms. The third kappa shape index (κ3) is 3.29. The van der Waals surface area contributed by atoms with Gasteiger partial charge in [-0.2, -0.15) is 0 Å². The molecule has 0 saturated carbocycles. The molecule has 2 aliphatic rings. The maximum Gasteiger partial charge on any atom is 0.160 e. The van der Waals surface area contributed by atoms with Gasteiger partial charge < -0.3 is 0 Å². The summed E-state index contributed by atoms with van der Waals surface area (Å²) in [6.45, 7) is 0. The lowest BCUT2D eigenvalue weighted by Gasteiger charge is -2.30. The van der Waals surface area contributed by atoms with E-state index < -0.39 is 0 Å². The van der Waals surface area contributed by atoms with Crippen LogP contribution in [0.5, 0.6) is 0 Å². The van der Waals surface area contributed by atoms with Crippen molar-refractivity contribution in [1.29, 1.82) is 0 Å². The first-order chi connectivity index (χ1) is 22.3. The summed E-state index contributed by atoms with van der Waals surface area (Å²) >= 11 is 0. The number of nitrogens with zero attached hydrogens (tertiary/aromatic N) is 2. The molecule has 0 atom stereocenters. The molecular formula is C43H26N2. The normalized spacial score (nSPS) is 13.5. The van der Waals surface area contributed by atoms with Crippen molar-refractivity contribution in [1.82, 2.24) is 9.97 Å². The monoisotopic (exact) mass is 570 g/mol. The molecule has 0 fully saturated rings. The van der Waals surface area contributed by atoms with Crippen molar-refractivity contribution >= 4 is 21.5 Å². The summed E-state index contributed by atoms with van der Waals surface area (Å²) in [6, 6.07) is 56.9. The second-order valence-electron chi connectivity index (χ2n) is 12.1. The van der Waals surface area contributed by atoms with Crippen LogP contribution >= 0.6 is 0 Å². The van der Waals surface area contributed by atoms with Crippen LogP contribution < -0.4 is 0 Å². The standard InChI is InChI=1S/C43H26N2/c1-3-11-27(12-4-1)38-26-39(28-13-5-2-6-14-28)45-42(44-38)31-23-24-35-33(25-31)32-17-7-8-18-34(32)43(35)36-19-9-15-29-21-22-30-16-10-20-37(43)41(30)40(29)36/h1-26H. The highest BCUT2D eigenvalue weighted by atomic mass is 14.9. The molecule has 1 spiro atoms. The van der Waals surface area contributed by atoms with Gasteiger partial charge >= 0.3 is 0 Å². The molecule has 208 valence electrons. The Labute approximate surface area is 261 Å². The zero-order chi connectivity index (χ0) is 29.5. The van der Waals surface area contributed by atoms with E-state index >= 15 is 0 Å². The highest BCUT2D eigenvalue weighted by Crippen LogP contribution is 2.62. The van der Waals surface area contributed by atoms with Crippen LogP contribution in [0.3, 0.4) is 0 Å². The molecular weight excluding hydrogens is 544 g/mol. The van der Waals surface area contributed by atoms with Gasteiger partial charge in [0.05, 0.1) is 16.8 Å². The summed E-state index contributed by atoms with van der Waals surface area (Å²) < 4.78 is 0. The van der Waals surface area contributed by atoms with E-state index in [1.54, 1.807) is 0 Å². The van der Waals surface area contributed by atoms with E-state index in [1.165, 1.54) is 54.9 Å². The van der Waals surface area contributed by atoms with Crippen molar-refractivity contribution in [2.45, 2.75) is 5.41 Å². The molecule has 0 N–H and O–H groups in total. The number of rotatable bonds is 3. The zero-order valence-electron chi connectivity index (χ0n) is 24.4. The van der Waals surface area contributed by atoms with Crippen LogP contribution in [-0.2, 0) is 5.41 Å². The summed E-state index contributed by atoms with van der Waals surface area (Å²) in [4.78, 5) is 10.3. The molecule has 8 aromatic rings. The van der Waals surface area contributed by atoms with Gasteiger partial charge in [0.15, 0.2) is 5.82 Å². The Morgan fingerprint density at radius 2 is 0.889 bits per heavy atom. The van der Waals surface area contributed by atoms with Crippen LogP contribution in [0.2, 0.25) is 0 Å².